The zero-order valence-electron chi connectivity index (χ0n) is 16.6. The molecule has 1 N–H and O–H groups in total. The van der Waals surface area contributed by atoms with Crippen LogP contribution in [0, 0.1) is 0 Å². The van der Waals surface area contributed by atoms with Gasteiger partial charge >= 0.3 is 12.0 Å². The molecule has 0 saturated carbocycles. The van der Waals surface area contributed by atoms with Crippen LogP contribution in [0.15, 0.2) is 40.9 Å². The molecule has 3 rings (SSSR count). The Morgan fingerprint density at radius 1 is 1.17 bits per heavy atom. The van der Waals surface area contributed by atoms with Gasteiger partial charge in [0, 0.05) is 5.56 Å². The maximum atomic E-state index is 12.8. The van der Waals surface area contributed by atoms with Gasteiger partial charge in [0.25, 0.3) is 5.91 Å². The minimum absolute atomic E-state index is 0.176. The van der Waals surface area contributed by atoms with Crippen LogP contribution in [0.3, 0.4) is 0 Å². The molecule has 0 bridgehead atoms. The Bertz CT molecular complexity index is 871. The number of ether oxygens (including phenoxy) is 1. The van der Waals surface area contributed by atoms with Gasteiger partial charge in [0.15, 0.2) is 12.4 Å². The number of oxazole rings is 1. The van der Waals surface area contributed by atoms with E-state index in [9.17, 15) is 14.4 Å². The minimum atomic E-state index is -0.923. The summed E-state index contributed by atoms with van der Waals surface area (Å²) in [4.78, 5) is 42.3. The van der Waals surface area contributed by atoms with Gasteiger partial charge in [-0.2, -0.15) is 0 Å². The molecule has 1 aromatic carbocycles. The number of rotatable bonds is 9. The van der Waals surface area contributed by atoms with E-state index in [1.54, 1.807) is 6.20 Å². The van der Waals surface area contributed by atoms with Crippen molar-refractivity contribution in [1.29, 1.82) is 0 Å². The zero-order valence-corrected chi connectivity index (χ0v) is 16.6. The fourth-order valence-corrected chi connectivity index (χ4v) is 3.57. The number of hydrogen-bond acceptors (Lipinski definition) is 6. The van der Waals surface area contributed by atoms with Crippen LogP contribution in [0.1, 0.15) is 45.4 Å². The predicted molar refractivity (Wildman–Crippen MR) is 105 cm³/mol. The van der Waals surface area contributed by atoms with E-state index in [2.05, 4.69) is 10.3 Å². The van der Waals surface area contributed by atoms with Crippen molar-refractivity contribution in [3.63, 3.8) is 0 Å². The summed E-state index contributed by atoms with van der Waals surface area (Å²) in [6, 6.07) is 8.86. The number of amides is 3. The van der Waals surface area contributed by atoms with E-state index in [1.807, 2.05) is 44.2 Å². The molecule has 1 aliphatic heterocycles. The third-order valence-electron chi connectivity index (χ3n) is 4.86. The van der Waals surface area contributed by atoms with Crippen LogP contribution in [-0.4, -0.2) is 39.9 Å². The van der Waals surface area contributed by atoms with Gasteiger partial charge in [-0.1, -0.05) is 57.0 Å². The monoisotopic (exact) mass is 399 g/mol. The smallest absolute Gasteiger partial charge is 0.326 e. The first-order valence-electron chi connectivity index (χ1n) is 9.79. The topological polar surface area (TPSA) is 102 Å². The second-order valence-electron chi connectivity index (χ2n) is 7.05. The van der Waals surface area contributed by atoms with Crippen LogP contribution in [-0.2, 0) is 20.9 Å². The highest BCUT2D eigenvalue weighted by Gasteiger charge is 2.50. The number of aromatic nitrogens is 1. The van der Waals surface area contributed by atoms with Gasteiger partial charge in [-0.25, -0.2) is 9.78 Å². The lowest BCUT2D eigenvalue weighted by molar-refractivity contribution is -0.149. The highest BCUT2D eigenvalue weighted by atomic mass is 16.5. The Balaban J connectivity index is 1.58. The lowest BCUT2D eigenvalue weighted by Crippen LogP contribution is -2.47. The quantitative estimate of drug-likeness (QED) is 0.513. The minimum Gasteiger partial charge on any atom is -0.454 e. The van der Waals surface area contributed by atoms with Crippen molar-refractivity contribution in [2.75, 3.05) is 6.54 Å². The number of carbonyl (C=O) groups excluding carboxylic acids is 3. The lowest BCUT2D eigenvalue weighted by Gasteiger charge is -2.25. The summed E-state index contributed by atoms with van der Waals surface area (Å²) >= 11 is 0. The summed E-state index contributed by atoms with van der Waals surface area (Å²) in [5.41, 5.74) is -0.0614. The third kappa shape index (κ3) is 4.47. The Kier molecular flexibility index (Phi) is 6.31. The number of carbonyl (C=O) groups is 3. The number of hydrogen-bond donors (Lipinski definition) is 1. The molecule has 3 amide bonds. The van der Waals surface area contributed by atoms with E-state index in [0.29, 0.717) is 18.6 Å². The molecule has 1 saturated heterocycles. The van der Waals surface area contributed by atoms with Gasteiger partial charge in [0.2, 0.25) is 5.89 Å². The molecular weight excluding hydrogens is 374 g/mol. The summed E-state index contributed by atoms with van der Waals surface area (Å²) in [6.07, 6.45) is 4.13. The van der Waals surface area contributed by atoms with E-state index >= 15 is 0 Å². The highest BCUT2D eigenvalue weighted by molar-refractivity contribution is 6.08. The van der Waals surface area contributed by atoms with Gasteiger partial charge in [-0.3, -0.25) is 14.5 Å². The van der Waals surface area contributed by atoms with Crippen LogP contribution < -0.4 is 5.32 Å². The molecule has 0 aliphatic carbocycles. The number of nitrogens with one attached hydrogen (secondary N) is 1. The van der Waals surface area contributed by atoms with Gasteiger partial charge < -0.3 is 14.5 Å². The molecular formula is C21H25N3O5. The maximum absolute atomic E-state index is 12.8. The molecule has 8 nitrogen and oxygen atoms in total. The molecule has 1 aliphatic rings. The van der Waals surface area contributed by atoms with Gasteiger partial charge in [0.05, 0.1) is 6.20 Å². The molecule has 1 aromatic heterocycles. The molecule has 0 radical (unpaired) electrons. The normalized spacial score (nSPS) is 15.4. The molecule has 2 heterocycles. The molecule has 2 aromatic rings. The molecule has 0 atom stereocenters. The van der Waals surface area contributed by atoms with Crippen molar-refractivity contribution in [3.8, 4) is 11.3 Å². The second kappa shape index (κ2) is 8.89. The summed E-state index contributed by atoms with van der Waals surface area (Å²) < 4.78 is 10.7. The molecule has 1 fully saturated rings. The standard InChI is InChI=1S/C21H25N3O5/c1-3-10-21(11-4-2)19(26)24(20(27)23-21)13-18(25)28-14-17-22-12-16(29-17)15-8-6-5-7-9-15/h5-9,12H,3-4,10-11,13-14H2,1-2H3,(H,23,27). The average molecular weight is 399 g/mol. The Hall–Kier alpha value is -3.16. The molecule has 0 spiro atoms. The Morgan fingerprint density at radius 2 is 1.86 bits per heavy atom. The summed E-state index contributed by atoms with van der Waals surface area (Å²) in [5.74, 6) is -0.266. The maximum Gasteiger partial charge on any atom is 0.326 e. The van der Waals surface area contributed by atoms with Crippen LogP contribution in [0.5, 0.6) is 0 Å². The van der Waals surface area contributed by atoms with Crippen LogP contribution in [0.2, 0.25) is 0 Å². The highest BCUT2D eigenvalue weighted by Crippen LogP contribution is 2.28. The largest absolute Gasteiger partial charge is 0.454 e. The zero-order chi connectivity index (χ0) is 20.9. The van der Waals surface area contributed by atoms with Crippen molar-refractivity contribution in [3.05, 3.63) is 42.4 Å². The fraction of sp³-hybridized carbons (Fsp3) is 0.429. The Morgan fingerprint density at radius 3 is 2.52 bits per heavy atom. The number of nitrogens with zero attached hydrogens (tertiary/aromatic N) is 2. The molecule has 8 heteroatoms. The average Bonchev–Trinajstić information content (AvgIpc) is 3.27. The van der Waals surface area contributed by atoms with E-state index in [4.69, 9.17) is 9.15 Å². The number of imide groups is 1. The van der Waals surface area contributed by atoms with Gasteiger partial charge in [0.1, 0.15) is 12.1 Å². The van der Waals surface area contributed by atoms with Crippen molar-refractivity contribution < 1.29 is 23.5 Å². The van der Waals surface area contributed by atoms with Crippen LogP contribution in [0.25, 0.3) is 11.3 Å². The predicted octanol–water partition coefficient (Wildman–Crippen LogP) is 3.28. The summed E-state index contributed by atoms with van der Waals surface area (Å²) in [5, 5.41) is 2.77. The fourth-order valence-electron chi connectivity index (χ4n) is 3.57. The summed E-state index contributed by atoms with van der Waals surface area (Å²) in [7, 11) is 0. The van der Waals surface area contributed by atoms with E-state index in [1.165, 1.54) is 0 Å². The number of benzene rings is 1. The number of esters is 1. The first-order chi connectivity index (χ1) is 14.0. The van der Waals surface area contributed by atoms with Crippen LogP contribution in [0.4, 0.5) is 4.79 Å². The third-order valence-corrected chi connectivity index (χ3v) is 4.86. The van der Waals surface area contributed by atoms with Gasteiger partial charge in [-0.05, 0) is 12.8 Å². The first-order valence-corrected chi connectivity index (χ1v) is 9.79. The summed E-state index contributed by atoms with van der Waals surface area (Å²) in [6.45, 7) is 3.29. The molecule has 0 unspecified atom stereocenters. The van der Waals surface area contributed by atoms with Crippen molar-refractivity contribution >= 4 is 17.9 Å². The first kappa shape index (κ1) is 20.6. The Labute approximate surface area is 169 Å². The lowest BCUT2D eigenvalue weighted by atomic mass is 9.88. The molecule has 29 heavy (non-hydrogen) atoms. The second-order valence-corrected chi connectivity index (χ2v) is 7.05. The van der Waals surface area contributed by atoms with E-state index < -0.39 is 24.1 Å². The van der Waals surface area contributed by atoms with Crippen molar-refractivity contribution in [1.82, 2.24) is 15.2 Å². The van der Waals surface area contributed by atoms with E-state index in [0.717, 1.165) is 23.3 Å². The van der Waals surface area contributed by atoms with E-state index in [-0.39, 0.29) is 18.4 Å². The van der Waals surface area contributed by atoms with Crippen molar-refractivity contribution in [2.45, 2.75) is 51.7 Å². The van der Waals surface area contributed by atoms with Crippen molar-refractivity contribution in [2.24, 2.45) is 0 Å². The van der Waals surface area contributed by atoms with Crippen LogP contribution >= 0.6 is 0 Å². The molecule has 154 valence electrons. The van der Waals surface area contributed by atoms with Gasteiger partial charge in [-0.15, -0.1) is 0 Å². The number of urea groups is 1. The SMILES string of the molecule is CCCC1(CCC)NC(=O)N(CC(=O)OCc2ncc(-c3ccccc3)o2)C1=O.